The van der Waals surface area contributed by atoms with Crippen LogP contribution >= 0.6 is 11.8 Å². The third-order valence-electron chi connectivity index (χ3n) is 9.10. The summed E-state index contributed by atoms with van der Waals surface area (Å²) in [5.74, 6) is -1.67. The molecule has 2 unspecified atom stereocenters. The molecule has 3 aliphatic rings. The van der Waals surface area contributed by atoms with Crippen molar-refractivity contribution in [1.29, 1.82) is 0 Å². The Hall–Kier alpha value is -2.78. The SMILES string of the molecule is C=CCN(C)C(=O)[C@@H]1[C@H]2C(=O)N([C@H](C)CO)C(C(=O)N(CC=C)c3ccc(N(CC)CC)cc3)C23CC[C@@]1(C)S3. The van der Waals surface area contributed by atoms with Crippen LogP contribution in [0.1, 0.15) is 40.5 Å². The second-order valence-electron chi connectivity index (χ2n) is 11.4. The molecule has 2 bridgehead atoms. The number of thioether (sulfide) groups is 1. The van der Waals surface area contributed by atoms with Gasteiger partial charge in [0.05, 0.1) is 29.2 Å². The lowest BCUT2D eigenvalue weighted by atomic mass is 9.66. The van der Waals surface area contributed by atoms with E-state index >= 15 is 0 Å². The molecular weight excluding hydrogens is 524 g/mol. The van der Waals surface area contributed by atoms with E-state index in [-0.39, 0.29) is 30.9 Å². The molecule has 3 amide bonds. The van der Waals surface area contributed by atoms with Crippen molar-refractivity contribution in [3.63, 3.8) is 0 Å². The number of fused-ring (bicyclic) bond motifs is 1. The van der Waals surface area contributed by atoms with Gasteiger partial charge >= 0.3 is 0 Å². The standard InChI is InChI=1S/C31H44N4O4S/c1-8-18-32(7)27(37)24-25-28(38)35(21(5)20-36)26(31(25)17-16-30(24,6)40-31)29(39)34(19-9-2)23-14-12-22(13-15-23)33(10-3)11-4/h8-9,12-15,21,24-26,36H,1-2,10-11,16-20H2,3-7H3/t21-,24+,25+,26?,30-,31?/m1/s1. The number of aliphatic hydroxyl groups is 1. The fourth-order valence-corrected chi connectivity index (χ4v) is 9.46. The maximum Gasteiger partial charge on any atom is 0.251 e. The number of nitrogens with zero attached hydrogens (tertiary/aromatic N) is 4. The lowest BCUT2D eigenvalue weighted by molar-refractivity contribution is -0.145. The molecule has 0 aliphatic carbocycles. The monoisotopic (exact) mass is 568 g/mol. The molecule has 3 saturated heterocycles. The summed E-state index contributed by atoms with van der Waals surface area (Å²) in [6.45, 7) is 17.9. The highest BCUT2D eigenvalue weighted by Crippen LogP contribution is 2.71. The van der Waals surface area contributed by atoms with Gasteiger partial charge in [-0.05, 0) is 64.8 Å². The van der Waals surface area contributed by atoms with E-state index in [0.717, 1.165) is 30.9 Å². The van der Waals surface area contributed by atoms with Crippen molar-refractivity contribution < 1.29 is 19.5 Å². The summed E-state index contributed by atoms with van der Waals surface area (Å²) in [6.07, 6.45) is 4.77. The van der Waals surface area contributed by atoms with E-state index in [2.05, 4.69) is 38.8 Å². The van der Waals surface area contributed by atoms with Gasteiger partial charge in [0.25, 0.3) is 5.91 Å². The Kier molecular flexibility index (Phi) is 8.76. The summed E-state index contributed by atoms with van der Waals surface area (Å²) in [7, 11) is 1.74. The van der Waals surface area contributed by atoms with Crippen molar-refractivity contribution in [2.24, 2.45) is 11.8 Å². The number of benzene rings is 1. The van der Waals surface area contributed by atoms with Crippen LogP contribution in [0.3, 0.4) is 0 Å². The summed E-state index contributed by atoms with van der Waals surface area (Å²) in [5, 5.41) is 10.2. The fraction of sp³-hybridized carbons (Fsp3) is 0.581. The molecule has 218 valence electrons. The quantitative estimate of drug-likeness (QED) is 0.388. The minimum atomic E-state index is -0.802. The summed E-state index contributed by atoms with van der Waals surface area (Å²) >= 11 is 1.64. The Labute approximate surface area is 243 Å². The molecule has 1 aromatic rings. The van der Waals surface area contributed by atoms with Crippen molar-refractivity contribution in [2.75, 3.05) is 49.6 Å². The Morgan fingerprint density at radius 3 is 2.25 bits per heavy atom. The minimum absolute atomic E-state index is 0.0885. The third kappa shape index (κ3) is 4.65. The number of amides is 3. The van der Waals surface area contributed by atoms with Crippen molar-refractivity contribution in [1.82, 2.24) is 9.80 Å². The van der Waals surface area contributed by atoms with Crippen molar-refractivity contribution in [3.8, 4) is 0 Å². The number of anilines is 2. The molecule has 3 aliphatic heterocycles. The first-order chi connectivity index (χ1) is 19.0. The maximum atomic E-state index is 14.7. The van der Waals surface area contributed by atoms with Crippen LogP contribution in [0.15, 0.2) is 49.6 Å². The fourth-order valence-electron chi connectivity index (χ4n) is 7.13. The Morgan fingerprint density at radius 1 is 1.10 bits per heavy atom. The average Bonchev–Trinajstić information content (AvgIpc) is 3.52. The predicted octanol–water partition coefficient (Wildman–Crippen LogP) is 3.56. The summed E-state index contributed by atoms with van der Waals surface area (Å²) in [5.41, 5.74) is 1.81. The van der Waals surface area contributed by atoms with Gasteiger partial charge in [-0.15, -0.1) is 24.9 Å². The van der Waals surface area contributed by atoms with E-state index in [9.17, 15) is 19.5 Å². The lowest BCUT2D eigenvalue weighted by Crippen LogP contribution is -2.57. The van der Waals surface area contributed by atoms with E-state index < -0.39 is 33.4 Å². The van der Waals surface area contributed by atoms with Gasteiger partial charge in [-0.1, -0.05) is 12.2 Å². The molecule has 3 heterocycles. The van der Waals surface area contributed by atoms with Crippen LogP contribution in [0.25, 0.3) is 0 Å². The number of hydrogen-bond acceptors (Lipinski definition) is 6. The first-order valence-corrected chi connectivity index (χ1v) is 15.1. The van der Waals surface area contributed by atoms with E-state index in [0.29, 0.717) is 13.0 Å². The zero-order valence-electron chi connectivity index (χ0n) is 24.5. The normalized spacial score (nSPS) is 29.2. The second kappa shape index (κ2) is 11.6. The highest BCUT2D eigenvalue weighted by atomic mass is 32.2. The predicted molar refractivity (Wildman–Crippen MR) is 163 cm³/mol. The van der Waals surface area contributed by atoms with Gasteiger partial charge in [-0.2, -0.15) is 0 Å². The van der Waals surface area contributed by atoms with Gasteiger partial charge < -0.3 is 24.7 Å². The molecule has 40 heavy (non-hydrogen) atoms. The summed E-state index contributed by atoms with van der Waals surface area (Å²) in [4.78, 5) is 49.8. The maximum absolute atomic E-state index is 14.7. The number of rotatable bonds is 12. The number of likely N-dealkylation sites (tertiary alicyclic amines) is 1. The van der Waals surface area contributed by atoms with E-state index in [1.807, 2.05) is 24.3 Å². The number of likely N-dealkylation sites (N-methyl/N-ethyl adjacent to an activating group) is 1. The molecule has 6 atom stereocenters. The molecule has 1 N–H and O–H groups in total. The Balaban J connectivity index is 1.78. The van der Waals surface area contributed by atoms with Gasteiger partial charge in [0, 0.05) is 49.3 Å². The van der Waals surface area contributed by atoms with Gasteiger partial charge in [0.15, 0.2) is 0 Å². The number of carbonyl (C=O) groups is 3. The molecule has 4 rings (SSSR count). The average molecular weight is 569 g/mol. The second-order valence-corrected chi connectivity index (χ2v) is 13.3. The van der Waals surface area contributed by atoms with Crippen LogP contribution in [0.4, 0.5) is 11.4 Å². The van der Waals surface area contributed by atoms with Crippen LogP contribution in [-0.2, 0) is 14.4 Å². The van der Waals surface area contributed by atoms with E-state index in [4.69, 9.17) is 0 Å². The summed E-state index contributed by atoms with van der Waals surface area (Å²) in [6, 6.07) is 6.55. The van der Waals surface area contributed by atoms with Crippen molar-refractivity contribution in [2.45, 2.75) is 62.1 Å². The molecule has 1 spiro atoms. The van der Waals surface area contributed by atoms with Gasteiger partial charge in [0.2, 0.25) is 11.8 Å². The highest BCUT2D eigenvalue weighted by Gasteiger charge is 2.77. The van der Waals surface area contributed by atoms with Crippen molar-refractivity contribution in [3.05, 3.63) is 49.6 Å². The third-order valence-corrected chi connectivity index (χ3v) is 11.1. The van der Waals surface area contributed by atoms with Crippen LogP contribution in [0.2, 0.25) is 0 Å². The lowest BCUT2D eigenvalue weighted by Gasteiger charge is -2.39. The summed E-state index contributed by atoms with van der Waals surface area (Å²) < 4.78 is -1.20. The Bertz CT molecular complexity index is 1150. The van der Waals surface area contributed by atoms with E-state index in [1.165, 1.54) is 0 Å². The first kappa shape index (κ1) is 30.2. The van der Waals surface area contributed by atoms with Crippen molar-refractivity contribution >= 4 is 40.9 Å². The molecule has 0 radical (unpaired) electrons. The molecule has 3 fully saturated rings. The molecule has 9 heteroatoms. The zero-order chi connectivity index (χ0) is 29.4. The molecule has 0 aromatic heterocycles. The Morgan fingerprint density at radius 2 is 1.70 bits per heavy atom. The smallest absolute Gasteiger partial charge is 0.251 e. The molecule has 0 saturated carbocycles. The molecule has 1 aromatic carbocycles. The number of carbonyl (C=O) groups excluding carboxylic acids is 3. The van der Waals surface area contributed by atoms with Gasteiger partial charge in [-0.25, -0.2) is 0 Å². The van der Waals surface area contributed by atoms with Gasteiger partial charge in [-0.3, -0.25) is 14.4 Å². The van der Waals surface area contributed by atoms with Gasteiger partial charge in [0.1, 0.15) is 6.04 Å². The van der Waals surface area contributed by atoms with Crippen LogP contribution in [0.5, 0.6) is 0 Å². The largest absolute Gasteiger partial charge is 0.394 e. The topological polar surface area (TPSA) is 84.4 Å². The van der Waals surface area contributed by atoms with Crippen LogP contribution in [0, 0.1) is 11.8 Å². The number of aliphatic hydroxyl groups excluding tert-OH is 1. The minimum Gasteiger partial charge on any atom is -0.394 e. The van der Waals surface area contributed by atoms with E-state index in [1.54, 1.807) is 52.6 Å². The highest BCUT2D eigenvalue weighted by molar-refractivity contribution is 8.02. The zero-order valence-corrected chi connectivity index (χ0v) is 25.3. The van der Waals surface area contributed by atoms with Crippen LogP contribution in [-0.4, -0.2) is 94.0 Å². The molecular formula is C31H44N4O4S. The number of hydrogen-bond donors (Lipinski definition) is 1. The molecule has 8 nitrogen and oxygen atoms in total. The first-order valence-electron chi connectivity index (χ1n) is 14.3. The van der Waals surface area contributed by atoms with Crippen LogP contribution < -0.4 is 9.80 Å².